The van der Waals surface area contributed by atoms with Gasteiger partial charge in [-0.05, 0) is 74.7 Å². The molecule has 2 aliphatic carbocycles. The van der Waals surface area contributed by atoms with Crippen molar-refractivity contribution in [2.45, 2.75) is 79.6 Å². The highest BCUT2D eigenvalue weighted by Gasteiger charge is 2.42. The van der Waals surface area contributed by atoms with Gasteiger partial charge in [0.05, 0.1) is 4.92 Å². The van der Waals surface area contributed by atoms with E-state index in [-0.39, 0.29) is 21.4 Å². The third-order valence-electron chi connectivity index (χ3n) is 7.14. The Morgan fingerprint density at radius 3 is 1.55 bits per heavy atom. The van der Waals surface area contributed by atoms with Crippen LogP contribution in [0.5, 0.6) is 0 Å². The van der Waals surface area contributed by atoms with Gasteiger partial charge in [-0.2, -0.15) is 0 Å². The van der Waals surface area contributed by atoms with Crippen LogP contribution in [0.2, 0.25) is 0 Å². The van der Waals surface area contributed by atoms with Gasteiger partial charge in [0.25, 0.3) is 5.69 Å². The minimum atomic E-state index is -0.302. The molecule has 0 atom stereocenters. The highest BCUT2D eigenvalue weighted by atomic mass is 16.6. The number of nitro groups is 1. The van der Waals surface area contributed by atoms with Crippen LogP contribution < -0.4 is 0 Å². The normalized spacial score (nSPS) is 15.1. The van der Waals surface area contributed by atoms with E-state index in [1.807, 2.05) is 33.8 Å². The van der Waals surface area contributed by atoms with Gasteiger partial charge in [0.15, 0.2) is 0 Å². The van der Waals surface area contributed by atoms with E-state index in [1.165, 1.54) is 38.9 Å². The first-order chi connectivity index (χ1) is 15.7. The largest absolute Gasteiger partial charge is 0.269 e. The van der Waals surface area contributed by atoms with Gasteiger partial charge in [0, 0.05) is 23.0 Å². The van der Waals surface area contributed by atoms with Gasteiger partial charge < -0.3 is 0 Å². The lowest BCUT2D eigenvalue weighted by Crippen LogP contribution is -2.17. The zero-order chi connectivity index (χ0) is 24.7. The number of benzene rings is 3. The Bertz CT molecular complexity index is 1220. The predicted molar refractivity (Wildman–Crippen MR) is 140 cm³/mol. The van der Waals surface area contributed by atoms with Crippen molar-refractivity contribution in [1.29, 1.82) is 0 Å². The number of hydrogen-bond donors (Lipinski definition) is 0. The van der Waals surface area contributed by atoms with Gasteiger partial charge in [0.1, 0.15) is 0 Å². The summed E-state index contributed by atoms with van der Waals surface area (Å²) in [4.78, 5) is 11.0. The highest BCUT2D eigenvalue weighted by molar-refractivity contribution is 5.90. The van der Waals surface area contributed by atoms with Crippen LogP contribution in [-0.2, 0) is 17.3 Å². The molecule has 0 bridgehead atoms. The molecular weight excluding hydrogens is 406 g/mol. The number of non-ortho nitro benzene ring substituents is 1. The molecule has 0 heterocycles. The zero-order valence-electron chi connectivity index (χ0n) is 21.6. The van der Waals surface area contributed by atoms with Crippen molar-refractivity contribution < 1.29 is 4.92 Å². The van der Waals surface area contributed by atoms with Crippen molar-refractivity contribution in [1.82, 2.24) is 0 Å². The first-order valence-corrected chi connectivity index (χ1v) is 12.3. The summed E-state index contributed by atoms with van der Waals surface area (Å²) in [6.07, 6.45) is 1.04. The van der Waals surface area contributed by atoms with Gasteiger partial charge in [-0.15, -0.1) is 0 Å². The Labute approximate surface area is 199 Å². The maximum atomic E-state index is 11.3. The van der Waals surface area contributed by atoms with Crippen LogP contribution in [0.25, 0.3) is 22.3 Å². The van der Waals surface area contributed by atoms with Crippen LogP contribution in [0.4, 0.5) is 5.69 Å². The van der Waals surface area contributed by atoms with Gasteiger partial charge >= 0.3 is 0 Å². The summed E-state index contributed by atoms with van der Waals surface area (Å²) in [7, 11) is 0. The number of fused-ring (bicyclic) bond motifs is 6. The van der Waals surface area contributed by atoms with E-state index in [2.05, 4.69) is 65.0 Å². The van der Waals surface area contributed by atoms with E-state index in [1.54, 1.807) is 12.1 Å². The number of hydrogen-bond acceptors (Lipinski definition) is 2. The third-order valence-corrected chi connectivity index (χ3v) is 7.14. The second-order valence-corrected chi connectivity index (χ2v) is 9.41. The van der Waals surface area contributed by atoms with Gasteiger partial charge in [-0.3, -0.25) is 10.1 Å². The van der Waals surface area contributed by atoms with Crippen LogP contribution in [0.15, 0.2) is 48.5 Å². The predicted octanol–water partition coefficient (Wildman–Crippen LogP) is 8.82. The number of nitrogens with zero attached hydrogens (tertiary/aromatic N) is 1. The number of aryl methyl sites for hydroxylation is 1. The molecule has 0 spiro atoms. The van der Waals surface area contributed by atoms with Crippen LogP contribution >= 0.6 is 0 Å². The Balaban J connectivity index is 0.000000728. The van der Waals surface area contributed by atoms with Crippen molar-refractivity contribution in [2.24, 2.45) is 0 Å². The van der Waals surface area contributed by atoms with Crippen molar-refractivity contribution in [3.8, 4) is 22.3 Å². The van der Waals surface area contributed by atoms with E-state index < -0.39 is 0 Å². The van der Waals surface area contributed by atoms with E-state index in [4.69, 9.17) is 0 Å². The molecule has 0 radical (unpaired) electrons. The molecule has 33 heavy (non-hydrogen) atoms. The van der Waals surface area contributed by atoms with E-state index in [0.29, 0.717) is 0 Å². The summed E-state index contributed by atoms with van der Waals surface area (Å²) in [6.45, 7) is 19.2. The molecule has 3 nitrogen and oxygen atoms in total. The average Bonchev–Trinajstić information content (AvgIpc) is 3.19. The van der Waals surface area contributed by atoms with Crippen LogP contribution in [0.3, 0.4) is 0 Å². The maximum absolute atomic E-state index is 11.3. The average molecular weight is 444 g/mol. The lowest BCUT2D eigenvalue weighted by molar-refractivity contribution is -0.384. The molecule has 3 aromatic carbocycles. The number of rotatable bonds is 2. The fourth-order valence-corrected chi connectivity index (χ4v) is 5.33. The van der Waals surface area contributed by atoms with E-state index in [9.17, 15) is 10.1 Å². The summed E-state index contributed by atoms with van der Waals surface area (Å²) < 4.78 is 0. The molecule has 3 heteroatoms. The molecule has 0 aromatic heterocycles. The summed E-state index contributed by atoms with van der Waals surface area (Å²) >= 11 is 0. The van der Waals surface area contributed by atoms with Crippen LogP contribution in [0.1, 0.15) is 90.1 Å². The fraction of sp³-hybridized carbons (Fsp3) is 0.400. The molecule has 0 unspecified atom stereocenters. The van der Waals surface area contributed by atoms with Crippen LogP contribution in [0, 0.1) is 10.1 Å². The van der Waals surface area contributed by atoms with Crippen molar-refractivity contribution in [2.75, 3.05) is 0 Å². The second-order valence-electron chi connectivity index (χ2n) is 9.41. The smallest absolute Gasteiger partial charge is 0.258 e. The molecule has 2 aliphatic rings. The fourth-order valence-electron chi connectivity index (χ4n) is 5.33. The van der Waals surface area contributed by atoms with Gasteiger partial charge in [0.2, 0.25) is 0 Å². The molecule has 3 aromatic rings. The van der Waals surface area contributed by atoms with Crippen molar-refractivity contribution in [3.05, 3.63) is 86.5 Å². The second kappa shape index (κ2) is 8.78. The molecule has 0 saturated heterocycles. The summed E-state index contributed by atoms with van der Waals surface area (Å²) in [5.74, 6) is 0. The number of nitro benzene ring substituents is 1. The Kier molecular flexibility index (Phi) is 6.57. The van der Waals surface area contributed by atoms with Gasteiger partial charge in [-0.25, -0.2) is 0 Å². The Morgan fingerprint density at radius 2 is 1.09 bits per heavy atom. The molecule has 0 fully saturated rings. The molecule has 0 amide bonds. The molecule has 0 N–H and O–H groups in total. The third kappa shape index (κ3) is 3.58. The van der Waals surface area contributed by atoms with Gasteiger partial charge in [-0.1, -0.05) is 80.5 Å². The van der Waals surface area contributed by atoms with Crippen molar-refractivity contribution >= 4 is 5.69 Å². The monoisotopic (exact) mass is 443 g/mol. The van der Waals surface area contributed by atoms with Crippen LogP contribution in [-0.4, -0.2) is 4.92 Å². The zero-order valence-corrected chi connectivity index (χ0v) is 21.6. The summed E-state index contributed by atoms with van der Waals surface area (Å²) in [5, 5.41) is 11.3. The first-order valence-electron chi connectivity index (χ1n) is 12.3. The minimum Gasteiger partial charge on any atom is -0.258 e. The standard InChI is InChI=1S/C26H25NO2.2C2H6/c1-6-15-7-9-17-19-13-24-20(14-23(19)25(2,3)21(17)11-15)18-10-8-16(27(28)29)12-22(18)26(24,4)5;2*1-2/h7-14H,6H2,1-5H3;2*1-2H3. The quantitative estimate of drug-likeness (QED) is 0.293. The lowest BCUT2D eigenvalue weighted by atomic mass is 9.79. The Morgan fingerprint density at radius 1 is 0.667 bits per heavy atom. The van der Waals surface area contributed by atoms with Crippen molar-refractivity contribution in [3.63, 3.8) is 0 Å². The molecule has 5 rings (SSSR count). The first kappa shape index (κ1) is 24.7. The SMILES string of the molecule is CC.CC.CCc1ccc2c(c1)C(C)(C)c1cc3c(cc1-2)C(C)(C)c1cc([N+](=O)[O-])ccc1-3. The maximum Gasteiger partial charge on any atom is 0.269 e. The summed E-state index contributed by atoms with van der Waals surface area (Å²) in [6, 6.07) is 16.9. The lowest BCUT2D eigenvalue weighted by Gasteiger charge is -2.24. The topological polar surface area (TPSA) is 43.1 Å². The molecule has 174 valence electrons. The molecule has 0 aliphatic heterocycles. The summed E-state index contributed by atoms with van der Waals surface area (Å²) in [5.41, 5.74) is 11.2. The van der Waals surface area contributed by atoms with E-state index >= 15 is 0 Å². The van der Waals surface area contributed by atoms with E-state index in [0.717, 1.165) is 17.5 Å². The Hall–Kier alpha value is -2.94. The molecular formula is C30H37NO2. The highest BCUT2D eigenvalue weighted by Crippen LogP contribution is 2.56. The minimum absolute atomic E-state index is 0.0570. The molecule has 0 saturated carbocycles.